The van der Waals surface area contributed by atoms with Crippen molar-refractivity contribution < 1.29 is 4.79 Å². The maximum atomic E-state index is 11.5. The molecule has 2 aromatic heterocycles. The van der Waals surface area contributed by atoms with Crippen LogP contribution in [0.4, 0.5) is 5.69 Å². The van der Waals surface area contributed by atoms with Crippen LogP contribution in [0.1, 0.15) is 21.7 Å². The lowest BCUT2D eigenvalue weighted by atomic mass is 10.2. The molecule has 0 aliphatic carbocycles. The van der Waals surface area contributed by atoms with Crippen LogP contribution in [-0.4, -0.2) is 22.9 Å². The molecule has 2 heterocycles. The molecule has 5 heteroatoms. The van der Waals surface area contributed by atoms with Gasteiger partial charge in [-0.25, -0.2) is 0 Å². The second-order valence-corrected chi connectivity index (χ2v) is 4.13. The highest BCUT2D eigenvalue weighted by molar-refractivity contribution is 5.92. The molecule has 98 valence electrons. The molecule has 2 rings (SSSR count). The Morgan fingerprint density at radius 3 is 2.84 bits per heavy atom. The number of pyridine rings is 2. The lowest BCUT2D eigenvalue weighted by Gasteiger charge is -2.08. The van der Waals surface area contributed by atoms with Gasteiger partial charge in [-0.2, -0.15) is 0 Å². The van der Waals surface area contributed by atoms with E-state index in [9.17, 15) is 4.79 Å². The first-order valence-corrected chi connectivity index (χ1v) is 6.03. The van der Waals surface area contributed by atoms with Crippen molar-refractivity contribution in [3.05, 3.63) is 53.6 Å². The third-order valence-electron chi connectivity index (χ3n) is 2.80. The molecule has 0 bridgehead atoms. The molecule has 0 atom stereocenters. The van der Waals surface area contributed by atoms with Gasteiger partial charge < -0.3 is 10.6 Å². The normalized spacial score (nSPS) is 10.0. The van der Waals surface area contributed by atoms with E-state index in [1.807, 2.05) is 25.1 Å². The molecule has 0 saturated heterocycles. The lowest BCUT2D eigenvalue weighted by molar-refractivity contribution is 0.0958. The van der Waals surface area contributed by atoms with Gasteiger partial charge in [0.05, 0.1) is 12.2 Å². The molecular weight excluding hydrogens is 240 g/mol. The van der Waals surface area contributed by atoms with Crippen LogP contribution >= 0.6 is 0 Å². The van der Waals surface area contributed by atoms with Crippen molar-refractivity contribution in [2.45, 2.75) is 13.5 Å². The zero-order chi connectivity index (χ0) is 13.7. The first-order valence-electron chi connectivity index (χ1n) is 6.03. The summed E-state index contributed by atoms with van der Waals surface area (Å²) in [5, 5.41) is 5.79. The predicted octanol–water partition coefficient (Wildman–Crippen LogP) is 1.76. The third kappa shape index (κ3) is 3.28. The van der Waals surface area contributed by atoms with Crippen molar-refractivity contribution in [2.75, 3.05) is 12.4 Å². The highest BCUT2D eigenvalue weighted by Crippen LogP contribution is 2.11. The monoisotopic (exact) mass is 256 g/mol. The van der Waals surface area contributed by atoms with Crippen LogP contribution in [0.2, 0.25) is 0 Å². The van der Waals surface area contributed by atoms with E-state index in [-0.39, 0.29) is 5.91 Å². The van der Waals surface area contributed by atoms with E-state index in [2.05, 4.69) is 20.6 Å². The largest absolute Gasteiger partial charge is 0.379 e. The van der Waals surface area contributed by atoms with Gasteiger partial charge in [-0.15, -0.1) is 0 Å². The van der Waals surface area contributed by atoms with Gasteiger partial charge in [0.15, 0.2) is 0 Å². The summed E-state index contributed by atoms with van der Waals surface area (Å²) in [7, 11) is 1.58. The van der Waals surface area contributed by atoms with Crippen LogP contribution in [0, 0.1) is 6.92 Å². The summed E-state index contributed by atoms with van der Waals surface area (Å²) in [4.78, 5) is 19.8. The molecule has 0 saturated carbocycles. The molecule has 2 N–H and O–H groups in total. The highest BCUT2D eigenvalue weighted by Gasteiger charge is 2.05. The summed E-state index contributed by atoms with van der Waals surface area (Å²) in [6.45, 7) is 2.64. The molecule has 19 heavy (non-hydrogen) atoms. The van der Waals surface area contributed by atoms with Gasteiger partial charge in [-0.05, 0) is 30.7 Å². The van der Waals surface area contributed by atoms with Crippen LogP contribution in [0.3, 0.4) is 0 Å². The fourth-order valence-electron chi connectivity index (χ4n) is 1.68. The van der Waals surface area contributed by atoms with Crippen molar-refractivity contribution in [1.29, 1.82) is 0 Å². The molecule has 0 aromatic carbocycles. The topological polar surface area (TPSA) is 66.9 Å². The van der Waals surface area contributed by atoms with E-state index in [0.717, 1.165) is 16.9 Å². The minimum atomic E-state index is -0.197. The molecule has 0 aliphatic rings. The number of amides is 1. The fourth-order valence-corrected chi connectivity index (χ4v) is 1.68. The molecule has 2 aromatic rings. The first kappa shape index (κ1) is 13.0. The van der Waals surface area contributed by atoms with Gasteiger partial charge in [0, 0.05) is 25.1 Å². The van der Waals surface area contributed by atoms with Crippen LogP contribution < -0.4 is 10.6 Å². The average Bonchev–Trinajstić information content (AvgIpc) is 2.46. The van der Waals surface area contributed by atoms with E-state index < -0.39 is 0 Å². The van der Waals surface area contributed by atoms with Crippen molar-refractivity contribution in [1.82, 2.24) is 15.3 Å². The van der Waals surface area contributed by atoms with E-state index in [1.165, 1.54) is 0 Å². The second-order valence-electron chi connectivity index (χ2n) is 4.13. The Morgan fingerprint density at radius 2 is 2.11 bits per heavy atom. The van der Waals surface area contributed by atoms with Gasteiger partial charge in [-0.3, -0.25) is 14.8 Å². The van der Waals surface area contributed by atoms with E-state index in [0.29, 0.717) is 12.2 Å². The zero-order valence-corrected chi connectivity index (χ0v) is 11.0. The van der Waals surface area contributed by atoms with Gasteiger partial charge >= 0.3 is 0 Å². The first-order chi connectivity index (χ1) is 9.20. The molecule has 5 nitrogen and oxygen atoms in total. The highest BCUT2D eigenvalue weighted by atomic mass is 16.1. The van der Waals surface area contributed by atoms with Gasteiger partial charge in [0.1, 0.15) is 5.69 Å². The van der Waals surface area contributed by atoms with Gasteiger partial charge in [0.2, 0.25) is 0 Å². The third-order valence-corrected chi connectivity index (χ3v) is 2.80. The van der Waals surface area contributed by atoms with Crippen molar-refractivity contribution in [3.8, 4) is 0 Å². The Morgan fingerprint density at radius 1 is 1.26 bits per heavy atom. The number of carbonyl (C=O) groups excluding carboxylic acids is 1. The average molecular weight is 256 g/mol. The molecule has 0 fully saturated rings. The number of aryl methyl sites for hydroxylation is 1. The number of hydrogen-bond donors (Lipinski definition) is 2. The number of nitrogens with one attached hydrogen (secondary N) is 2. The molecule has 1 amide bonds. The minimum absolute atomic E-state index is 0.197. The maximum Gasteiger partial charge on any atom is 0.269 e. The number of carbonyl (C=O) groups is 1. The Kier molecular flexibility index (Phi) is 4.07. The molecule has 0 unspecified atom stereocenters. The quantitative estimate of drug-likeness (QED) is 0.874. The predicted molar refractivity (Wildman–Crippen MR) is 73.9 cm³/mol. The van der Waals surface area contributed by atoms with Crippen molar-refractivity contribution in [2.24, 2.45) is 0 Å². The van der Waals surface area contributed by atoms with Crippen LogP contribution in [0.5, 0.6) is 0 Å². The standard InChI is InChI=1S/C14H16N4O/c1-10-4-3-6-16-13(10)9-18-11-5-7-17-12(8-11)14(19)15-2/h3-8H,9H2,1-2H3,(H,15,19)(H,17,18). The maximum absolute atomic E-state index is 11.5. The summed E-state index contributed by atoms with van der Waals surface area (Å²) >= 11 is 0. The van der Waals surface area contributed by atoms with Gasteiger partial charge in [-0.1, -0.05) is 6.07 Å². The number of aromatic nitrogens is 2. The van der Waals surface area contributed by atoms with E-state index in [1.54, 1.807) is 25.5 Å². The van der Waals surface area contributed by atoms with E-state index in [4.69, 9.17) is 0 Å². The minimum Gasteiger partial charge on any atom is -0.379 e. The summed E-state index contributed by atoms with van der Waals surface area (Å²) in [6.07, 6.45) is 3.38. The van der Waals surface area contributed by atoms with Crippen LogP contribution in [-0.2, 0) is 6.54 Å². The van der Waals surface area contributed by atoms with Crippen molar-refractivity contribution in [3.63, 3.8) is 0 Å². The lowest BCUT2D eigenvalue weighted by Crippen LogP contribution is -2.19. The summed E-state index contributed by atoms with van der Waals surface area (Å²) in [6, 6.07) is 7.48. The smallest absolute Gasteiger partial charge is 0.269 e. The Bertz CT molecular complexity index is 583. The second kappa shape index (κ2) is 5.95. The van der Waals surface area contributed by atoms with Crippen LogP contribution in [0.25, 0.3) is 0 Å². The summed E-state index contributed by atoms with van der Waals surface area (Å²) in [5.74, 6) is -0.197. The molecule has 0 aliphatic heterocycles. The zero-order valence-electron chi connectivity index (χ0n) is 11.0. The van der Waals surface area contributed by atoms with Crippen molar-refractivity contribution >= 4 is 11.6 Å². The Balaban J connectivity index is 2.08. The fraction of sp³-hybridized carbons (Fsp3) is 0.214. The Hall–Kier alpha value is -2.43. The number of nitrogens with zero attached hydrogens (tertiary/aromatic N) is 2. The molecule has 0 radical (unpaired) electrons. The number of hydrogen-bond acceptors (Lipinski definition) is 4. The molecule has 0 spiro atoms. The summed E-state index contributed by atoms with van der Waals surface area (Å²) in [5.41, 5.74) is 3.36. The number of rotatable bonds is 4. The Labute approximate surface area is 112 Å². The van der Waals surface area contributed by atoms with E-state index >= 15 is 0 Å². The SMILES string of the molecule is CNC(=O)c1cc(NCc2ncccc2C)ccn1. The number of anilines is 1. The van der Waals surface area contributed by atoms with Gasteiger partial charge in [0.25, 0.3) is 5.91 Å². The summed E-state index contributed by atoms with van der Waals surface area (Å²) < 4.78 is 0. The van der Waals surface area contributed by atoms with Crippen LogP contribution in [0.15, 0.2) is 36.7 Å². The molecular formula is C14H16N4O.